The average Bonchev–Trinajstić information content (AvgIpc) is 2.96. The lowest BCUT2D eigenvalue weighted by molar-refractivity contribution is 0.555. The molecule has 0 spiro atoms. The topological polar surface area (TPSA) is 109 Å². The van der Waals surface area contributed by atoms with Gasteiger partial charge in [-0.2, -0.15) is 4.98 Å². The van der Waals surface area contributed by atoms with Crippen LogP contribution in [0.15, 0.2) is 45.7 Å². The van der Waals surface area contributed by atoms with Crippen molar-refractivity contribution >= 4 is 34.2 Å². The molecule has 0 aliphatic carbocycles. The predicted octanol–water partition coefficient (Wildman–Crippen LogP) is 3.72. The number of benzene rings is 1. The van der Waals surface area contributed by atoms with E-state index in [1.54, 1.807) is 18.3 Å². The Hall–Kier alpha value is -3.68. The lowest BCUT2D eigenvalue weighted by atomic mass is 10.2. The Bertz CT molecular complexity index is 1170. The van der Waals surface area contributed by atoms with E-state index >= 15 is 0 Å². The van der Waals surface area contributed by atoms with Crippen LogP contribution in [-0.4, -0.2) is 19.9 Å². The molecule has 4 aromatic rings. The van der Waals surface area contributed by atoms with E-state index in [4.69, 9.17) is 4.42 Å². The summed E-state index contributed by atoms with van der Waals surface area (Å²) in [5.41, 5.74) is 5.53. The molecule has 4 rings (SSSR count). The molecule has 0 aliphatic rings. The standard InChI is InChI=1S/C19H18N6O2/c1-10-9-20-18(23-14-6-11(2)21-12(3)7-14)25-17(10)22-13-4-5-16-15(8-13)24-19(26)27-16/h4-9H,1-3H3,(H,24,26)(H2,20,21,22,23,25). The van der Waals surface area contributed by atoms with Crippen LogP contribution in [0.2, 0.25) is 0 Å². The van der Waals surface area contributed by atoms with E-state index in [1.165, 1.54) is 0 Å². The van der Waals surface area contributed by atoms with Crippen molar-refractivity contribution in [3.05, 3.63) is 64.0 Å². The first-order valence-electron chi connectivity index (χ1n) is 8.42. The van der Waals surface area contributed by atoms with Crippen molar-refractivity contribution in [1.29, 1.82) is 0 Å². The molecule has 0 saturated heterocycles. The molecular formula is C19H18N6O2. The molecule has 3 N–H and O–H groups in total. The number of hydrogen-bond acceptors (Lipinski definition) is 7. The molecule has 1 aromatic carbocycles. The highest BCUT2D eigenvalue weighted by atomic mass is 16.4. The molecular weight excluding hydrogens is 344 g/mol. The summed E-state index contributed by atoms with van der Waals surface area (Å²) in [5, 5.41) is 6.46. The molecule has 0 atom stereocenters. The van der Waals surface area contributed by atoms with Crippen LogP contribution in [0, 0.1) is 20.8 Å². The van der Waals surface area contributed by atoms with Gasteiger partial charge in [0.25, 0.3) is 0 Å². The SMILES string of the molecule is Cc1cc(Nc2ncc(C)c(Nc3ccc4oc(=O)[nH]c4c3)n2)cc(C)n1. The number of hydrogen-bond donors (Lipinski definition) is 3. The van der Waals surface area contributed by atoms with E-state index in [2.05, 4.69) is 30.6 Å². The molecule has 3 aromatic heterocycles. The Balaban J connectivity index is 1.62. The number of aromatic amines is 1. The molecule has 0 unspecified atom stereocenters. The number of aromatic nitrogens is 4. The van der Waals surface area contributed by atoms with Crippen LogP contribution in [0.5, 0.6) is 0 Å². The Morgan fingerprint density at radius 1 is 0.963 bits per heavy atom. The van der Waals surface area contributed by atoms with Gasteiger partial charge in [-0.15, -0.1) is 0 Å². The molecule has 136 valence electrons. The zero-order chi connectivity index (χ0) is 19.0. The van der Waals surface area contributed by atoms with Crippen molar-refractivity contribution in [3.63, 3.8) is 0 Å². The summed E-state index contributed by atoms with van der Waals surface area (Å²) in [6.45, 7) is 5.81. The number of H-pyrrole nitrogens is 1. The number of pyridine rings is 1. The van der Waals surface area contributed by atoms with Gasteiger partial charge in [0, 0.05) is 34.5 Å². The van der Waals surface area contributed by atoms with Crippen LogP contribution in [0.3, 0.4) is 0 Å². The van der Waals surface area contributed by atoms with E-state index in [1.807, 2.05) is 39.0 Å². The van der Waals surface area contributed by atoms with Gasteiger partial charge >= 0.3 is 5.76 Å². The highest BCUT2D eigenvalue weighted by Gasteiger charge is 2.08. The number of rotatable bonds is 4. The minimum absolute atomic E-state index is 0.477. The number of fused-ring (bicyclic) bond motifs is 1. The molecule has 8 nitrogen and oxygen atoms in total. The first kappa shape index (κ1) is 16.8. The summed E-state index contributed by atoms with van der Waals surface area (Å²) in [4.78, 5) is 27.2. The van der Waals surface area contributed by atoms with Crippen molar-refractivity contribution in [2.24, 2.45) is 0 Å². The molecule has 0 saturated carbocycles. The third-order valence-electron chi connectivity index (χ3n) is 3.99. The normalized spacial score (nSPS) is 10.9. The molecule has 0 bridgehead atoms. The second-order valence-electron chi connectivity index (χ2n) is 6.34. The van der Waals surface area contributed by atoms with Crippen LogP contribution in [0.1, 0.15) is 17.0 Å². The molecule has 3 heterocycles. The number of anilines is 4. The molecule has 0 aliphatic heterocycles. The molecule has 0 amide bonds. The van der Waals surface area contributed by atoms with Crippen molar-refractivity contribution in [2.75, 3.05) is 10.6 Å². The summed E-state index contributed by atoms with van der Waals surface area (Å²) in [6.07, 6.45) is 1.75. The maximum Gasteiger partial charge on any atom is 0.417 e. The maximum atomic E-state index is 11.3. The molecule has 0 fully saturated rings. The van der Waals surface area contributed by atoms with Gasteiger partial charge < -0.3 is 15.1 Å². The van der Waals surface area contributed by atoms with Crippen LogP contribution >= 0.6 is 0 Å². The number of aryl methyl sites for hydroxylation is 3. The van der Waals surface area contributed by atoms with Gasteiger partial charge in [0.1, 0.15) is 5.82 Å². The van der Waals surface area contributed by atoms with E-state index in [-0.39, 0.29) is 0 Å². The fraction of sp³-hybridized carbons (Fsp3) is 0.158. The van der Waals surface area contributed by atoms with Crippen LogP contribution in [0.25, 0.3) is 11.1 Å². The van der Waals surface area contributed by atoms with Crippen LogP contribution in [0.4, 0.5) is 23.1 Å². The quantitative estimate of drug-likeness (QED) is 0.507. The highest BCUT2D eigenvalue weighted by molar-refractivity contribution is 5.78. The largest absolute Gasteiger partial charge is 0.417 e. The summed E-state index contributed by atoms with van der Waals surface area (Å²) in [7, 11) is 0. The van der Waals surface area contributed by atoms with Gasteiger partial charge in [0.05, 0.1) is 5.52 Å². The number of nitrogens with zero attached hydrogens (tertiary/aromatic N) is 3. The van der Waals surface area contributed by atoms with Gasteiger partial charge in [0.2, 0.25) is 5.95 Å². The third kappa shape index (κ3) is 3.64. The first-order chi connectivity index (χ1) is 13.0. The van der Waals surface area contributed by atoms with Crippen LogP contribution < -0.4 is 16.4 Å². The second kappa shape index (κ2) is 6.56. The number of oxazole rings is 1. The summed E-state index contributed by atoms with van der Waals surface area (Å²) >= 11 is 0. The summed E-state index contributed by atoms with van der Waals surface area (Å²) < 4.78 is 5.02. The van der Waals surface area contributed by atoms with Crippen LogP contribution in [-0.2, 0) is 0 Å². The van der Waals surface area contributed by atoms with E-state index in [9.17, 15) is 4.79 Å². The molecule has 8 heteroatoms. The lowest BCUT2D eigenvalue weighted by Crippen LogP contribution is -2.03. The predicted molar refractivity (Wildman–Crippen MR) is 104 cm³/mol. The Morgan fingerprint density at radius 2 is 1.74 bits per heavy atom. The summed E-state index contributed by atoms with van der Waals surface area (Å²) in [6, 6.07) is 9.22. The lowest BCUT2D eigenvalue weighted by Gasteiger charge is -2.11. The Morgan fingerprint density at radius 3 is 2.52 bits per heavy atom. The zero-order valence-corrected chi connectivity index (χ0v) is 15.1. The van der Waals surface area contributed by atoms with E-state index in [0.717, 1.165) is 28.3 Å². The first-order valence-corrected chi connectivity index (χ1v) is 8.42. The maximum absolute atomic E-state index is 11.3. The van der Waals surface area contributed by atoms with Gasteiger partial charge in [0.15, 0.2) is 5.58 Å². The van der Waals surface area contributed by atoms with Crippen molar-refractivity contribution in [1.82, 2.24) is 19.9 Å². The molecule has 0 radical (unpaired) electrons. The van der Waals surface area contributed by atoms with Gasteiger partial charge in [-0.05, 0) is 51.1 Å². The zero-order valence-electron chi connectivity index (χ0n) is 15.1. The smallest absolute Gasteiger partial charge is 0.408 e. The Labute approximate surface area is 154 Å². The minimum atomic E-state index is -0.477. The van der Waals surface area contributed by atoms with Gasteiger partial charge in [-0.1, -0.05) is 0 Å². The van der Waals surface area contributed by atoms with Crippen molar-refractivity contribution in [3.8, 4) is 0 Å². The monoisotopic (exact) mass is 362 g/mol. The average molecular weight is 362 g/mol. The second-order valence-corrected chi connectivity index (χ2v) is 6.34. The fourth-order valence-electron chi connectivity index (χ4n) is 2.83. The summed E-state index contributed by atoms with van der Waals surface area (Å²) in [5.74, 6) is 0.667. The van der Waals surface area contributed by atoms with E-state index < -0.39 is 5.76 Å². The van der Waals surface area contributed by atoms with Gasteiger partial charge in [-0.25, -0.2) is 9.78 Å². The molecule has 27 heavy (non-hydrogen) atoms. The fourth-order valence-corrected chi connectivity index (χ4v) is 2.83. The van der Waals surface area contributed by atoms with Gasteiger partial charge in [-0.3, -0.25) is 9.97 Å². The van der Waals surface area contributed by atoms with Crippen molar-refractivity contribution < 1.29 is 4.42 Å². The highest BCUT2D eigenvalue weighted by Crippen LogP contribution is 2.23. The number of nitrogens with one attached hydrogen (secondary N) is 3. The van der Waals surface area contributed by atoms with E-state index in [0.29, 0.717) is 22.9 Å². The Kier molecular flexibility index (Phi) is 4.08. The third-order valence-corrected chi connectivity index (χ3v) is 3.99. The van der Waals surface area contributed by atoms with Crippen molar-refractivity contribution in [2.45, 2.75) is 20.8 Å². The minimum Gasteiger partial charge on any atom is -0.408 e.